The van der Waals surface area contributed by atoms with Crippen LogP contribution in [-0.2, 0) is 26.2 Å². The van der Waals surface area contributed by atoms with E-state index in [9.17, 15) is 10.1 Å². The van der Waals surface area contributed by atoms with Crippen LogP contribution in [0.1, 0.15) is 56.7 Å². The van der Waals surface area contributed by atoms with Gasteiger partial charge in [0.15, 0.2) is 23.5 Å². The molecule has 8 nitrogen and oxygen atoms in total. The smallest absolute Gasteiger partial charge is 0.407 e. The van der Waals surface area contributed by atoms with Gasteiger partial charge in [-0.05, 0) is 57.7 Å². The van der Waals surface area contributed by atoms with Crippen LogP contribution in [-0.4, -0.2) is 44.3 Å². The topological polar surface area (TPSA) is 99.0 Å². The van der Waals surface area contributed by atoms with Crippen molar-refractivity contribution in [1.29, 1.82) is 5.26 Å². The van der Waals surface area contributed by atoms with Crippen molar-refractivity contribution >= 4 is 17.7 Å². The molecule has 0 saturated carbocycles. The predicted octanol–water partition coefficient (Wildman–Crippen LogP) is 7.43. The summed E-state index contributed by atoms with van der Waals surface area (Å²) in [6.07, 6.45) is 1.81. The summed E-state index contributed by atoms with van der Waals surface area (Å²) < 4.78 is 60.6. The molecule has 0 aliphatic carbocycles. The molecule has 5 rings (SSSR count). The summed E-state index contributed by atoms with van der Waals surface area (Å²) in [6, 6.07) is 14.9. The van der Waals surface area contributed by atoms with Gasteiger partial charge in [0, 0.05) is 41.3 Å². The molecule has 1 amide bonds. The van der Waals surface area contributed by atoms with Crippen LogP contribution in [0.25, 0.3) is 11.1 Å². The number of amides is 1. The van der Waals surface area contributed by atoms with Crippen molar-refractivity contribution in [3.05, 3.63) is 81.9 Å². The molecule has 0 spiro atoms. The average Bonchev–Trinajstić information content (AvgIpc) is 3.39. The maximum absolute atomic E-state index is 16.3. The lowest BCUT2D eigenvalue weighted by molar-refractivity contribution is -0.165. The van der Waals surface area contributed by atoms with Crippen molar-refractivity contribution < 1.29 is 37.3 Å². The molecule has 2 aliphatic heterocycles. The highest BCUT2D eigenvalue weighted by atomic mass is 35.5. The van der Waals surface area contributed by atoms with Crippen LogP contribution in [0.5, 0.6) is 11.5 Å². The molecule has 0 aromatic heterocycles. The molecule has 3 aromatic rings. The summed E-state index contributed by atoms with van der Waals surface area (Å²) in [7, 11) is 0. The highest BCUT2D eigenvalue weighted by Crippen LogP contribution is 2.50. The molecule has 3 aromatic carbocycles. The van der Waals surface area contributed by atoms with Gasteiger partial charge in [0.05, 0.1) is 23.3 Å². The van der Waals surface area contributed by atoms with Crippen molar-refractivity contribution in [2.45, 2.75) is 63.9 Å². The third kappa shape index (κ3) is 7.33. The van der Waals surface area contributed by atoms with Gasteiger partial charge in [-0.25, -0.2) is 13.6 Å². The number of benzene rings is 3. The number of alkyl carbamates (subject to hydrolysis) is 1. The second-order valence-electron chi connectivity index (χ2n) is 12.0. The van der Waals surface area contributed by atoms with E-state index in [2.05, 4.69) is 5.32 Å². The normalized spacial score (nSPS) is 19.3. The third-order valence-electron chi connectivity index (χ3n) is 7.53. The van der Waals surface area contributed by atoms with Gasteiger partial charge in [0.25, 0.3) is 0 Å². The molecular weight excluding hydrogens is 606 g/mol. The second kappa shape index (κ2) is 13.6. The molecule has 1 fully saturated rings. The fourth-order valence-electron chi connectivity index (χ4n) is 5.47. The lowest BCUT2D eigenvalue weighted by atomic mass is 9.86. The van der Waals surface area contributed by atoms with E-state index in [1.807, 2.05) is 32.9 Å². The maximum atomic E-state index is 16.3. The van der Waals surface area contributed by atoms with Crippen LogP contribution in [0.4, 0.5) is 13.6 Å². The highest BCUT2D eigenvalue weighted by Gasteiger charge is 2.45. The zero-order chi connectivity index (χ0) is 32.2. The molecule has 11 heteroatoms. The third-order valence-corrected chi connectivity index (χ3v) is 7.90. The number of carbonyl (C=O) groups is 1. The molecule has 1 N–H and O–H groups in total. The van der Waals surface area contributed by atoms with Gasteiger partial charge in [-0.15, -0.1) is 0 Å². The Labute approximate surface area is 266 Å². The molecule has 2 aliphatic rings. The largest absolute Gasteiger partial charge is 0.488 e. The van der Waals surface area contributed by atoms with Crippen LogP contribution in [0.2, 0.25) is 5.02 Å². The Morgan fingerprint density at radius 3 is 2.60 bits per heavy atom. The van der Waals surface area contributed by atoms with E-state index in [4.69, 9.17) is 35.3 Å². The quantitative estimate of drug-likeness (QED) is 0.243. The van der Waals surface area contributed by atoms with Crippen molar-refractivity contribution in [2.24, 2.45) is 0 Å². The lowest BCUT2D eigenvalue weighted by Gasteiger charge is -2.30. The van der Waals surface area contributed by atoms with E-state index < -0.39 is 28.9 Å². The first-order valence-electron chi connectivity index (χ1n) is 14.8. The zero-order valence-corrected chi connectivity index (χ0v) is 26.1. The molecule has 45 heavy (non-hydrogen) atoms. The monoisotopic (exact) mass is 640 g/mol. The Balaban J connectivity index is 1.49. The summed E-state index contributed by atoms with van der Waals surface area (Å²) in [5.74, 6) is -1.81. The first-order valence-corrected chi connectivity index (χ1v) is 15.2. The van der Waals surface area contributed by atoms with Gasteiger partial charge in [0.1, 0.15) is 24.8 Å². The Kier molecular flexibility index (Phi) is 9.82. The fourth-order valence-corrected chi connectivity index (χ4v) is 5.73. The second-order valence-corrected chi connectivity index (χ2v) is 12.4. The number of carbonyl (C=O) groups excluding carboxylic acids is 1. The van der Waals surface area contributed by atoms with Crippen molar-refractivity contribution in [2.75, 3.05) is 26.4 Å². The van der Waals surface area contributed by atoms with Crippen molar-refractivity contribution in [3.63, 3.8) is 0 Å². The van der Waals surface area contributed by atoms with E-state index in [1.165, 1.54) is 12.1 Å². The summed E-state index contributed by atoms with van der Waals surface area (Å²) in [5, 5.41) is 12.3. The van der Waals surface area contributed by atoms with Gasteiger partial charge < -0.3 is 29.0 Å². The number of halogens is 3. The minimum absolute atomic E-state index is 0.0192. The van der Waals surface area contributed by atoms with E-state index in [1.54, 1.807) is 24.3 Å². The summed E-state index contributed by atoms with van der Waals surface area (Å²) >= 11 is 6.54. The number of ether oxygens (including phenoxy) is 5. The van der Waals surface area contributed by atoms with Crippen LogP contribution < -0.4 is 14.8 Å². The van der Waals surface area contributed by atoms with Crippen molar-refractivity contribution in [3.8, 4) is 28.7 Å². The minimum Gasteiger partial charge on any atom is -0.488 e. The van der Waals surface area contributed by atoms with Crippen LogP contribution in [0.3, 0.4) is 0 Å². The first kappa shape index (κ1) is 32.5. The predicted molar refractivity (Wildman–Crippen MR) is 163 cm³/mol. The van der Waals surface area contributed by atoms with Gasteiger partial charge in [-0.2, -0.15) is 5.26 Å². The number of rotatable bonds is 9. The van der Waals surface area contributed by atoms with E-state index >= 15 is 8.78 Å². The number of nitrogens with one attached hydrogen (secondary N) is 1. The molecule has 0 radical (unpaired) electrons. The summed E-state index contributed by atoms with van der Waals surface area (Å²) in [5.41, 5.74) is -1.15. The minimum atomic E-state index is -1.29. The Morgan fingerprint density at radius 1 is 1.13 bits per heavy atom. The number of fused-ring (bicyclic) bond motifs is 1. The van der Waals surface area contributed by atoms with Gasteiger partial charge >= 0.3 is 6.09 Å². The molecule has 0 unspecified atom stereocenters. The summed E-state index contributed by atoms with van der Waals surface area (Å²) in [6.45, 7) is 6.01. The van der Waals surface area contributed by atoms with E-state index in [0.29, 0.717) is 17.7 Å². The molecule has 238 valence electrons. The number of hydrogen-bond donors (Lipinski definition) is 1. The first-order chi connectivity index (χ1) is 21.5. The number of hydrogen-bond acceptors (Lipinski definition) is 7. The lowest BCUT2D eigenvalue weighted by Crippen LogP contribution is -2.44. The number of nitriles is 1. The Morgan fingerprint density at radius 2 is 1.91 bits per heavy atom. The average molecular weight is 641 g/mol. The SMILES string of the molecule is CC(C)(C)NC(=O)OC[C@@]1(c2ccccc2)Cc2c(cc(F)c(Cl)c2-c2c(C#N)ccc(OCCO[C@H]3CCCCO3)c2F)O1. The standard InChI is InChI=1S/C34H35ClF2N2O6/c1-33(2,3)39-32(40)44-20-34(22-9-5-4-6-10-22)18-23-26(45-34)17-24(36)30(35)29(23)28-21(19-38)12-13-25(31(28)37)41-15-16-43-27-11-7-8-14-42-27/h4-6,9-10,12-13,17,27H,7-8,11,14-16,18,20H2,1-3H3,(H,39,40)/t27-,34+/m0/s1. The van der Waals surface area contributed by atoms with Gasteiger partial charge in [-0.1, -0.05) is 41.9 Å². The molecular formula is C34H35ClF2N2O6. The van der Waals surface area contributed by atoms with Gasteiger partial charge in [0.2, 0.25) is 0 Å². The summed E-state index contributed by atoms with van der Waals surface area (Å²) in [4.78, 5) is 12.6. The fraction of sp³-hybridized carbons (Fsp3) is 0.412. The highest BCUT2D eigenvalue weighted by molar-refractivity contribution is 6.34. The maximum Gasteiger partial charge on any atom is 0.407 e. The molecule has 2 heterocycles. The van der Waals surface area contributed by atoms with Crippen LogP contribution in [0, 0.1) is 23.0 Å². The van der Waals surface area contributed by atoms with Crippen LogP contribution >= 0.6 is 11.6 Å². The Bertz CT molecular complexity index is 1580. The molecule has 1 saturated heterocycles. The van der Waals surface area contributed by atoms with Gasteiger partial charge in [-0.3, -0.25) is 0 Å². The van der Waals surface area contributed by atoms with E-state index in [-0.39, 0.29) is 65.7 Å². The van der Waals surface area contributed by atoms with Crippen LogP contribution in [0.15, 0.2) is 48.5 Å². The molecule has 2 atom stereocenters. The Hall–Kier alpha value is -3.91. The number of nitrogens with zero attached hydrogens (tertiary/aromatic N) is 1. The van der Waals surface area contributed by atoms with E-state index in [0.717, 1.165) is 25.3 Å². The molecule has 0 bridgehead atoms. The zero-order valence-electron chi connectivity index (χ0n) is 25.4. The van der Waals surface area contributed by atoms with Crippen molar-refractivity contribution in [1.82, 2.24) is 5.32 Å².